The number of nitrogens with two attached hydrogens (primary N) is 1. The van der Waals surface area contributed by atoms with Crippen molar-refractivity contribution in [3.05, 3.63) is 29.6 Å². The number of primary amides is 1. The highest BCUT2D eigenvalue weighted by molar-refractivity contribution is 6.00. The van der Waals surface area contributed by atoms with Crippen LogP contribution in [-0.2, 0) is 9.59 Å². The van der Waals surface area contributed by atoms with E-state index in [1.54, 1.807) is 0 Å². The zero-order valence-electron chi connectivity index (χ0n) is 9.72. The standard InChI is InChI=1S/C12H11FN2O4/c13-9-2-1-5(3-8(9)10(14)16)15-11(17)6-4-7(6)12(18)19/h1-3,6-7H,4H2,(H2,14,16)(H,15,17)(H,18,19). The molecule has 2 atom stereocenters. The smallest absolute Gasteiger partial charge is 0.307 e. The summed E-state index contributed by atoms with van der Waals surface area (Å²) in [4.78, 5) is 33.2. The fraction of sp³-hybridized carbons (Fsp3) is 0.250. The van der Waals surface area contributed by atoms with Crippen LogP contribution in [0.5, 0.6) is 0 Å². The third-order valence-corrected chi connectivity index (χ3v) is 2.94. The molecule has 100 valence electrons. The Kier molecular flexibility index (Phi) is 3.20. The van der Waals surface area contributed by atoms with Crippen molar-refractivity contribution in [2.45, 2.75) is 6.42 Å². The molecule has 0 aliphatic heterocycles. The first kappa shape index (κ1) is 13.0. The monoisotopic (exact) mass is 266 g/mol. The molecule has 19 heavy (non-hydrogen) atoms. The Bertz CT molecular complexity index is 573. The van der Waals surface area contributed by atoms with Gasteiger partial charge in [0.25, 0.3) is 5.91 Å². The van der Waals surface area contributed by atoms with Crippen molar-refractivity contribution in [2.24, 2.45) is 17.6 Å². The number of halogens is 1. The summed E-state index contributed by atoms with van der Waals surface area (Å²) in [5.41, 5.74) is 4.85. The van der Waals surface area contributed by atoms with Crippen LogP contribution in [0.25, 0.3) is 0 Å². The first-order chi connectivity index (χ1) is 8.90. The summed E-state index contributed by atoms with van der Waals surface area (Å²) in [5, 5.41) is 11.1. The number of carboxylic acids is 1. The van der Waals surface area contributed by atoms with E-state index in [1.165, 1.54) is 6.07 Å². The van der Waals surface area contributed by atoms with E-state index < -0.39 is 35.4 Å². The van der Waals surface area contributed by atoms with Crippen LogP contribution < -0.4 is 11.1 Å². The Labute approximate surface area is 107 Å². The number of hydrogen-bond donors (Lipinski definition) is 3. The molecule has 0 saturated heterocycles. The summed E-state index contributed by atoms with van der Waals surface area (Å²) < 4.78 is 13.2. The van der Waals surface area contributed by atoms with E-state index in [1.807, 2.05) is 0 Å². The highest BCUT2D eigenvalue weighted by Crippen LogP contribution is 2.39. The molecule has 2 unspecified atom stereocenters. The maximum atomic E-state index is 13.2. The van der Waals surface area contributed by atoms with Gasteiger partial charge in [0.1, 0.15) is 5.82 Å². The second kappa shape index (κ2) is 4.68. The largest absolute Gasteiger partial charge is 0.481 e. The molecule has 1 fully saturated rings. The van der Waals surface area contributed by atoms with Crippen molar-refractivity contribution in [1.82, 2.24) is 0 Å². The molecule has 1 aliphatic rings. The second-order valence-electron chi connectivity index (χ2n) is 4.34. The van der Waals surface area contributed by atoms with Gasteiger partial charge in [-0.15, -0.1) is 0 Å². The second-order valence-corrected chi connectivity index (χ2v) is 4.34. The minimum atomic E-state index is -1.02. The van der Waals surface area contributed by atoms with E-state index in [4.69, 9.17) is 10.8 Å². The highest BCUT2D eigenvalue weighted by Gasteiger charge is 2.48. The normalized spacial score (nSPS) is 20.7. The Morgan fingerprint density at radius 1 is 1.32 bits per heavy atom. The van der Waals surface area contributed by atoms with Crippen LogP contribution in [0, 0.1) is 17.7 Å². The van der Waals surface area contributed by atoms with Crippen molar-refractivity contribution < 1.29 is 23.9 Å². The number of anilines is 1. The minimum Gasteiger partial charge on any atom is -0.481 e. The summed E-state index contributed by atoms with van der Waals surface area (Å²) in [6.07, 6.45) is 0.283. The molecule has 0 heterocycles. The first-order valence-electron chi connectivity index (χ1n) is 5.53. The average molecular weight is 266 g/mol. The Hall–Kier alpha value is -2.44. The highest BCUT2D eigenvalue weighted by atomic mass is 19.1. The molecule has 1 aromatic carbocycles. The van der Waals surface area contributed by atoms with Gasteiger partial charge in [0.2, 0.25) is 5.91 Å². The predicted molar refractivity (Wildman–Crippen MR) is 62.8 cm³/mol. The average Bonchev–Trinajstić information content (AvgIpc) is 3.11. The summed E-state index contributed by atoms with van der Waals surface area (Å²) in [6, 6.07) is 3.41. The van der Waals surface area contributed by atoms with Gasteiger partial charge in [0.15, 0.2) is 0 Å². The van der Waals surface area contributed by atoms with E-state index in [0.29, 0.717) is 0 Å². The van der Waals surface area contributed by atoms with Crippen LogP contribution in [-0.4, -0.2) is 22.9 Å². The predicted octanol–water partition coefficient (Wildman–Crippen LogP) is 0.584. The first-order valence-corrected chi connectivity index (χ1v) is 5.53. The van der Waals surface area contributed by atoms with Gasteiger partial charge in [-0.2, -0.15) is 0 Å². The van der Waals surface area contributed by atoms with Crippen LogP contribution in [0.15, 0.2) is 18.2 Å². The van der Waals surface area contributed by atoms with Gasteiger partial charge in [-0.25, -0.2) is 4.39 Å². The van der Waals surface area contributed by atoms with Gasteiger partial charge in [-0.3, -0.25) is 14.4 Å². The molecule has 1 saturated carbocycles. The van der Waals surface area contributed by atoms with Crippen molar-refractivity contribution in [3.8, 4) is 0 Å². The maximum Gasteiger partial charge on any atom is 0.307 e. The molecular weight excluding hydrogens is 255 g/mol. The number of rotatable bonds is 4. The number of amides is 2. The van der Waals surface area contributed by atoms with Crippen LogP contribution in [0.2, 0.25) is 0 Å². The van der Waals surface area contributed by atoms with Crippen molar-refractivity contribution >= 4 is 23.5 Å². The number of carbonyl (C=O) groups is 3. The summed E-state index contributed by atoms with van der Waals surface area (Å²) >= 11 is 0. The van der Waals surface area contributed by atoms with E-state index in [9.17, 15) is 18.8 Å². The lowest BCUT2D eigenvalue weighted by Gasteiger charge is -2.06. The molecule has 0 spiro atoms. The quantitative estimate of drug-likeness (QED) is 0.740. The van der Waals surface area contributed by atoms with Gasteiger partial charge in [0, 0.05) is 5.69 Å². The summed E-state index contributed by atoms with van der Waals surface area (Å²) in [7, 11) is 0. The van der Waals surface area contributed by atoms with Crippen molar-refractivity contribution in [3.63, 3.8) is 0 Å². The topological polar surface area (TPSA) is 109 Å². The fourth-order valence-electron chi connectivity index (χ4n) is 1.78. The summed E-state index contributed by atoms with van der Waals surface area (Å²) in [5.74, 6) is -4.45. The molecular formula is C12H11FN2O4. The van der Waals surface area contributed by atoms with Crippen molar-refractivity contribution in [2.75, 3.05) is 5.32 Å². The Balaban J connectivity index is 2.08. The number of benzene rings is 1. The third kappa shape index (κ3) is 2.70. The van der Waals surface area contributed by atoms with Crippen LogP contribution in [0.4, 0.5) is 10.1 Å². The van der Waals surface area contributed by atoms with E-state index >= 15 is 0 Å². The zero-order valence-corrected chi connectivity index (χ0v) is 9.72. The number of nitrogens with one attached hydrogen (secondary N) is 1. The van der Waals surface area contributed by atoms with E-state index in [-0.39, 0.29) is 17.7 Å². The molecule has 4 N–H and O–H groups in total. The SMILES string of the molecule is NC(=O)c1cc(NC(=O)C2CC2C(=O)O)ccc1F. The number of carbonyl (C=O) groups excluding carboxylic acids is 2. The van der Waals surface area contributed by atoms with Gasteiger partial charge in [-0.1, -0.05) is 0 Å². The van der Waals surface area contributed by atoms with Crippen LogP contribution in [0.1, 0.15) is 16.8 Å². The molecule has 6 nitrogen and oxygen atoms in total. The molecule has 7 heteroatoms. The fourth-order valence-corrected chi connectivity index (χ4v) is 1.78. The Morgan fingerprint density at radius 3 is 2.53 bits per heavy atom. The van der Waals surface area contributed by atoms with Gasteiger partial charge in [0.05, 0.1) is 17.4 Å². The van der Waals surface area contributed by atoms with Gasteiger partial charge in [-0.05, 0) is 24.6 Å². The molecule has 2 amide bonds. The van der Waals surface area contributed by atoms with Crippen LogP contribution in [0.3, 0.4) is 0 Å². The zero-order chi connectivity index (χ0) is 14.2. The molecule has 0 radical (unpaired) electrons. The van der Waals surface area contributed by atoms with Crippen LogP contribution >= 0.6 is 0 Å². The molecule has 1 aliphatic carbocycles. The molecule has 2 rings (SSSR count). The number of carboxylic acid groups (broad SMARTS) is 1. The molecule has 0 aromatic heterocycles. The van der Waals surface area contributed by atoms with E-state index in [2.05, 4.69) is 5.32 Å². The maximum absolute atomic E-state index is 13.2. The summed E-state index contributed by atoms with van der Waals surface area (Å²) in [6.45, 7) is 0. The molecule has 0 bridgehead atoms. The number of aliphatic carboxylic acids is 1. The minimum absolute atomic E-state index is 0.205. The number of hydrogen-bond acceptors (Lipinski definition) is 3. The van der Waals surface area contributed by atoms with Gasteiger partial charge < -0.3 is 16.2 Å². The molecule has 1 aromatic rings. The van der Waals surface area contributed by atoms with Gasteiger partial charge >= 0.3 is 5.97 Å². The lowest BCUT2D eigenvalue weighted by Crippen LogP contribution is -2.18. The lowest BCUT2D eigenvalue weighted by atomic mass is 10.1. The third-order valence-electron chi connectivity index (χ3n) is 2.94. The Morgan fingerprint density at radius 2 is 2.00 bits per heavy atom. The van der Waals surface area contributed by atoms with E-state index in [0.717, 1.165) is 12.1 Å². The van der Waals surface area contributed by atoms with Crippen molar-refractivity contribution in [1.29, 1.82) is 0 Å². The lowest BCUT2D eigenvalue weighted by molar-refractivity contribution is -0.139.